The van der Waals surface area contributed by atoms with Crippen LogP contribution in [0.25, 0.3) is 11.1 Å². The number of rotatable bonds is 2. The van der Waals surface area contributed by atoms with E-state index in [9.17, 15) is 9.90 Å². The Hall–Kier alpha value is -2.43. The summed E-state index contributed by atoms with van der Waals surface area (Å²) in [4.78, 5) is 15.5. The number of hydrogen-bond acceptors (Lipinski definition) is 4. The van der Waals surface area contributed by atoms with E-state index in [0.717, 1.165) is 24.0 Å². The summed E-state index contributed by atoms with van der Waals surface area (Å²) in [6.45, 7) is 0. The van der Waals surface area contributed by atoms with Crippen molar-refractivity contribution >= 4 is 5.97 Å². The van der Waals surface area contributed by atoms with E-state index in [0.29, 0.717) is 23.2 Å². The number of carbonyl (C=O) groups is 1. The van der Waals surface area contributed by atoms with E-state index in [1.165, 1.54) is 0 Å². The first-order chi connectivity index (χ1) is 12.6. The maximum Gasteiger partial charge on any atom is 0.348 e. The van der Waals surface area contributed by atoms with E-state index in [1.54, 1.807) is 0 Å². The fourth-order valence-electron chi connectivity index (χ4n) is 4.66. The van der Waals surface area contributed by atoms with Gasteiger partial charge in [0.1, 0.15) is 6.10 Å². The lowest BCUT2D eigenvalue weighted by atomic mass is 9.91. The molecule has 0 saturated carbocycles. The van der Waals surface area contributed by atoms with Crippen LogP contribution in [0.3, 0.4) is 0 Å². The zero-order valence-corrected chi connectivity index (χ0v) is 14.6. The van der Waals surface area contributed by atoms with E-state index in [-0.39, 0.29) is 6.10 Å². The molecule has 0 aromatic heterocycles. The van der Waals surface area contributed by atoms with Gasteiger partial charge in [0.2, 0.25) is 5.60 Å². The topological polar surface area (TPSA) is 49.8 Å². The van der Waals surface area contributed by atoms with Crippen LogP contribution in [-0.2, 0) is 15.1 Å². The van der Waals surface area contributed by atoms with Crippen molar-refractivity contribution in [3.63, 3.8) is 0 Å². The molecule has 1 fully saturated rings. The summed E-state index contributed by atoms with van der Waals surface area (Å²) >= 11 is 0. The Balaban J connectivity index is 1.48. The number of piperidine rings is 1. The fraction of sp³-hybridized carbons (Fsp3) is 0.318. The minimum Gasteiger partial charge on any atom is -0.460 e. The van der Waals surface area contributed by atoms with Crippen molar-refractivity contribution in [2.75, 3.05) is 7.05 Å². The fourth-order valence-corrected chi connectivity index (χ4v) is 4.66. The number of ether oxygens (including phenoxy) is 1. The second-order valence-corrected chi connectivity index (χ2v) is 7.49. The van der Waals surface area contributed by atoms with Gasteiger partial charge in [-0.1, -0.05) is 60.7 Å². The molecule has 0 radical (unpaired) electrons. The number of carbonyl (C=O) groups excluding carboxylic acids is 1. The molecule has 2 aliphatic heterocycles. The molecule has 132 valence electrons. The number of fused-ring (bicyclic) bond motifs is 5. The van der Waals surface area contributed by atoms with Gasteiger partial charge in [-0.3, -0.25) is 4.90 Å². The van der Waals surface area contributed by atoms with Crippen molar-refractivity contribution in [3.05, 3.63) is 71.8 Å². The summed E-state index contributed by atoms with van der Waals surface area (Å²) in [5.41, 5.74) is 1.28. The quantitative estimate of drug-likeness (QED) is 0.670. The van der Waals surface area contributed by atoms with E-state index in [4.69, 9.17) is 4.74 Å². The molecule has 4 nitrogen and oxygen atoms in total. The summed E-state index contributed by atoms with van der Waals surface area (Å²) < 4.78 is 5.87. The van der Waals surface area contributed by atoms with Crippen LogP contribution in [0.5, 0.6) is 0 Å². The summed E-state index contributed by atoms with van der Waals surface area (Å²) in [6.07, 6.45) is 5.75. The highest BCUT2D eigenvalue weighted by molar-refractivity contribution is 5.96. The normalized spacial score (nSPS) is 27.8. The predicted octanol–water partition coefficient (Wildman–Crippen LogP) is 2.85. The zero-order chi connectivity index (χ0) is 17.9. The number of aliphatic hydroxyl groups is 1. The Morgan fingerprint density at radius 3 is 2.04 bits per heavy atom. The van der Waals surface area contributed by atoms with Crippen LogP contribution in [0.4, 0.5) is 0 Å². The maximum atomic E-state index is 13.2. The molecule has 2 atom stereocenters. The van der Waals surface area contributed by atoms with Crippen LogP contribution < -0.4 is 0 Å². The van der Waals surface area contributed by atoms with Gasteiger partial charge in [0.15, 0.2) is 0 Å². The predicted molar refractivity (Wildman–Crippen MR) is 98.5 cm³/mol. The summed E-state index contributed by atoms with van der Waals surface area (Å²) in [5, 5.41) is 11.5. The Morgan fingerprint density at radius 2 is 1.50 bits per heavy atom. The van der Waals surface area contributed by atoms with Gasteiger partial charge in [0.05, 0.1) is 0 Å². The van der Waals surface area contributed by atoms with Gasteiger partial charge in [-0.15, -0.1) is 0 Å². The molecular weight excluding hydrogens is 326 g/mol. The van der Waals surface area contributed by atoms with Crippen LogP contribution in [0, 0.1) is 0 Å². The van der Waals surface area contributed by atoms with Gasteiger partial charge in [-0.25, -0.2) is 4.79 Å². The van der Waals surface area contributed by atoms with Crippen LogP contribution in [0.15, 0.2) is 60.7 Å². The van der Waals surface area contributed by atoms with Crippen LogP contribution in [-0.4, -0.2) is 41.2 Å². The van der Waals surface area contributed by atoms with E-state index in [1.807, 2.05) is 48.5 Å². The number of hydrogen-bond donors (Lipinski definition) is 1. The molecule has 2 heterocycles. The highest BCUT2D eigenvalue weighted by atomic mass is 16.6. The molecule has 5 rings (SSSR count). The molecule has 2 aromatic carbocycles. The molecule has 3 aliphatic rings. The SMILES string of the molecule is CN1C2C=CC1CC(OC(=O)C1(O)c3ccccc3-c3ccccc31)C2. The maximum absolute atomic E-state index is 13.2. The first kappa shape index (κ1) is 15.8. The lowest BCUT2D eigenvalue weighted by molar-refractivity contribution is -0.170. The van der Waals surface area contributed by atoms with Crippen molar-refractivity contribution in [1.29, 1.82) is 0 Å². The lowest BCUT2D eigenvalue weighted by Crippen LogP contribution is -2.46. The molecule has 4 heteroatoms. The monoisotopic (exact) mass is 347 g/mol. The highest BCUT2D eigenvalue weighted by Crippen LogP contribution is 2.48. The Labute approximate surface area is 152 Å². The van der Waals surface area contributed by atoms with Crippen molar-refractivity contribution in [2.24, 2.45) is 0 Å². The average molecular weight is 347 g/mol. The van der Waals surface area contributed by atoms with Crippen LogP contribution >= 0.6 is 0 Å². The van der Waals surface area contributed by atoms with Crippen molar-refractivity contribution < 1.29 is 14.6 Å². The second kappa shape index (κ2) is 5.53. The largest absolute Gasteiger partial charge is 0.460 e. The zero-order valence-electron chi connectivity index (χ0n) is 14.6. The van der Waals surface area contributed by atoms with E-state index < -0.39 is 11.6 Å². The average Bonchev–Trinajstić information content (AvgIpc) is 3.03. The Kier molecular flexibility index (Phi) is 3.36. The summed E-state index contributed by atoms with van der Waals surface area (Å²) in [7, 11) is 2.10. The van der Waals surface area contributed by atoms with Gasteiger partial charge < -0.3 is 9.84 Å². The van der Waals surface area contributed by atoms with Gasteiger partial charge in [-0.05, 0) is 18.2 Å². The molecule has 26 heavy (non-hydrogen) atoms. The third kappa shape index (κ3) is 2.06. The van der Waals surface area contributed by atoms with E-state index >= 15 is 0 Å². The molecular formula is C22H21NO3. The Bertz CT molecular complexity index is 858. The van der Waals surface area contributed by atoms with Crippen LogP contribution in [0.1, 0.15) is 24.0 Å². The molecule has 0 spiro atoms. The smallest absolute Gasteiger partial charge is 0.348 e. The molecule has 1 saturated heterocycles. The standard InChI is InChI=1S/C22H21NO3/c1-23-14-10-11-15(23)13-16(12-14)26-21(24)22(25)19-8-4-2-6-17(19)18-7-3-5-9-20(18)22/h2-11,14-16,25H,12-13H2,1H3. The second-order valence-electron chi connectivity index (χ2n) is 7.49. The lowest BCUT2D eigenvalue weighted by Gasteiger charge is -2.37. The molecule has 1 aliphatic carbocycles. The van der Waals surface area contributed by atoms with E-state index in [2.05, 4.69) is 24.1 Å². The first-order valence-corrected chi connectivity index (χ1v) is 9.12. The highest BCUT2D eigenvalue weighted by Gasteiger charge is 2.50. The number of likely N-dealkylation sites (N-methyl/N-ethyl adjacent to an activating group) is 1. The summed E-state index contributed by atoms with van der Waals surface area (Å²) in [6, 6.07) is 15.7. The Morgan fingerprint density at radius 1 is 1.00 bits per heavy atom. The van der Waals surface area contributed by atoms with Crippen molar-refractivity contribution in [3.8, 4) is 11.1 Å². The van der Waals surface area contributed by atoms with Crippen molar-refractivity contribution in [1.82, 2.24) is 4.90 Å². The molecule has 0 amide bonds. The van der Waals surface area contributed by atoms with Gasteiger partial charge in [-0.2, -0.15) is 0 Å². The third-order valence-corrected chi connectivity index (χ3v) is 6.10. The van der Waals surface area contributed by atoms with Crippen molar-refractivity contribution in [2.45, 2.75) is 36.6 Å². The molecule has 2 bridgehead atoms. The number of benzene rings is 2. The molecule has 2 unspecified atom stereocenters. The third-order valence-electron chi connectivity index (χ3n) is 6.10. The molecule has 2 aromatic rings. The first-order valence-electron chi connectivity index (χ1n) is 9.12. The van der Waals surface area contributed by atoms with Crippen LogP contribution in [0.2, 0.25) is 0 Å². The number of nitrogens with zero attached hydrogens (tertiary/aromatic N) is 1. The van der Waals surface area contributed by atoms with Gasteiger partial charge in [0.25, 0.3) is 0 Å². The number of esters is 1. The minimum atomic E-state index is -1.73. The summed E-state index contributed by atoms with van der Waals surface area (Å²) in [5.74, 6) is -0.566. The van der Waals surface area contributed by atoms with Gasteiger partial charge in [0, 0.05) is 36.1 Å². The molecule has 1 N–H and O–H groups in total. The minimum absolute atomic E-state index is 0.173. The van der Waals surface area contributed by atoms with Gasteiger partial charge >= 0.3 is 5.97 Å².